The SMILES string of the molecule is CS(=O)(=O)CCC(N)C(=O)N1CCN(Cc2c(F)cccc2Cl)CC1. The van der Waals surface area contributed by atoms with Gasteiger partial charge in [-0.1, -0.05) is 17.7 Å². The van der Waals surface area contributed by atoms with Gasteiger partial charge >= 0.3 is 0 Å². The molecule has 1 aliphatic heterocycles. The van der Waals surface area contributed by atoms with E-state index in [-0.39, 0.29) is 23.9 Å². The Kier molecular flexibility index (Phi) is 6.79. The van der Waals surface area contributed by atoms with Crippen molar-refractivity contribution in [2.75, 3.05) is 38.2 Å². The highest BCUT2D eigenvalue weighted by Crippen LogP contribution is 2.21. The molecule has 1 heterocycles. The number of nitrogens with two attached hydrogens (primary N) is 1. The molecule has 1 atom stereocenters. The van der Waals surface area contributed by atoms with Crippen LogP contribution in [0.2, 0.25) is 5.02 Å². The van der Waals surface area contributed by atoms with Crippen molar-refractivity contribution in [3.05, 3.63) is 34.6 Å². The lowest BCUT2D eigenvalue weighted by molar-refractivity contribution is -0.134. The van der Waals surface area contributed by atoms with E-state index in [1.165, 1.54) is 6.07 Å². The summed E-state index contributed by atoms with van der Waals surface area (Å²) in [5.74, 6) is -0.688. The fourth-order valence-electron chi connectivity index (χ4n) is 2.73. The number of rotatable bonds is 6. The quantitative estimate of drug-likeness (QED) is 0.778. The summed E-state index contributed by atoms with van der Waals surface area (Å²) in [4.78, 5) is 15.9. The molecule has 0 bridgehead atoms. The maximum atomic E-state index is 13.9. The van der Waals surface area contributed by atoms with Crippen molar-refractivity contribution in [1.82, 2.24) is 9.80 Å². The van der Waals surface area contributed by atoms with Gasteiger partial charge in [0.05, 0.1) is 11.8 Å². The van der Waals surface area contributed by atoms with E-state index >= 15 is 0 Å². The lowest BCUT2D eigenvalue weighted by atomic mass is 10.1. The number of piperazine rings is 1. The molecule has 1 aromatic carbocycles. The smallest absolute Gasteiger partial charge is 0.239 e. The van der Waals surface area contributed by atoms with Crippen LogP contribution in [-0.2, 0) is 21.2 Å². The van der Waals surface area contributed by atoms with Crippen LogP contribution in [0.3, 0.4) is 0 Å². The Morgan fingerprint density at radius 3 is 2.52 bits per heavy atom. The molecule has 25 heavy (non-hydrogen) atoms. The van der Waals surface area contributed by atoms with Gasteiger partial charge in [-0.15, -0.1) is 0 Å². The molecule has 1 fully saturated rings. The first kappa shape index (κ1) is 20.1. The topological polar surface area (TPSA) is 83.7 Å². The molecule has 0 radical (unpaired) electrons. The lowest BCUT2D eigenvalue weighted by Gasteiger charge is -2.36. The van der Waals surface area contributed by atoms with E-state index in [2.05, 4.69) is 0 Å². The monoisotopic (exact) mass is 391 g/mol. The first-order valence-corrected chi connectivity index (χ1v) is 10.5. The third-order valence-corrected chi connectivity index (χ3v) is 5.58. The summed E-state index contributed by atoms with van der Waals surface area (Å²) in [5.41, 5.74) is 6.27. The van der Waals surface area contributed by atoms with E-state index in [1.54, 1.807) is 17.0 Å². The van der Waals surface area contributed by atoms with Crippen molar-refractivity contribution in [3.63, 3.8) is 0 Å². The van der Waals surface area contributed by atoms with E-state index in [9.17, 15) is 17.6 Å². The molecular weight excluding hydrogens is 369 g/mol. The molecule has 2 rings (SSSR count). The zero-order valence-corrected chi connectivity index (χ0v) is 15.7. The maximum Gasteiger partial charge on any atom is 0.239 e. The number of nitrogens with zero attached hydrogens (tertiary/aromatic N) is 2. The van der Waals surface area contributed by atoms with Gasteiger partial charge in [-0.25, -0.2) is 12.8 Å². The van der Waals surface area contributed by atoms with Crippen LogP contribution >= 0.6 is 11.6 Å². The third kappa shape index (κ3) is 5.91. The molecule has 1 aromatic rings. The number of hydrogen-bond acceptors (Lipinski definition) is 5. The number of hydrogen-bond donors (Lipinski definition) is 1. The molecule has 0 spiro atoms. The van der Waals surface area contributed by atoms with E-state index in [0.717, 1.165) is 6.26 Å². The Morgan fingerprint density at radius 2 is 1.96 bits per heavy atom. The second-order valence-electron chi connectivity index (χ2n) is 6.33. The molecule has 1 unspecified atom stereocenters. The average Bonchev–Trinajstić information content (AvgIpc) is 2.55. The largest absolute Gasteiger partial charge is 0.339 e. The summed E-state index contributed by atoms with van der Waals surface area (Å²) in [6.45, 7) is 2.48. The molecule has 0 aliphatic carbocycles. The van der Waals surface area contributed by atoms with Gasteiger partial charge in [-0.05, 0) is 18.6 Å². The van der Waals surface area contributed by atoms with Gasteiger partial charge < -0.3 is 10.6 Å². The van der Waals surface area contributed by atoms with Crippen molar-refractivity contribution in [2.24, 2.45) is 5.73 Å². The Bertz CT molecular complexity index is 701. The average molecular weight is 392 g/mol. The number of amides is 1. The van der Waals surface area contributed by atoms with Crippen molar-refractivity contribution in [3.8, 4) is 0 Å². The molecule has 6 nitrogen and oxygen atoms in total. The Balaban J connectivity index is 1.86. The Hall–Kier alpha value is -1.22. The number of carbonyl (C=O) groups excluding carboxylic acids is 1. The molecule has 140 valence electrons. The van der Waals surface area contributed by atoms with E-state index in [1.807, 2.05) is 4.90 Å². The predicted octanol–water partition coefficient (Wildman–Crippen LogP) is 0.885. The van der Waals surface area contributed by atoms with Crippen molar-refractivity contribution >= 4 is 27.3 Å². The number of carbonyl (C=O) groups is 1. The fraction of sp³-hybridized carbons (Fsp3) is 0.562. The predicted molar refractivity (Wildman–Crippen MR) is 95.6 cm³/mol. The highest BCUT2D eigenvalue weighted by atomic mass is 35.5. The summed E-state index contributed by atoms with van der Waals surface area (Å²) in [6, 6.07) is 3.78. The van der Waals surface area contributed by atoms with Crippen LogP contribution < -0.4 is 5.73 Å². The minimum absolute atomic E-state index is 0.106. The van der Waals surface area contributed by atoms with E-state index in [4.69, 9.17) is 17.3 Å². The van der Waals surface area contributed by atoms with Gasteiger partial charge in [-0.3, -0.25) is 9.69 Å². The van der Waals surface area contributed by atoms with Crippen LogP contribution in [-0.4, -0.2) is 68.4 Å². The summed E-state index contributed by atoms with van der Waals surface area (Å²) < 4.78 is 36.2. The van der Waals surface area contributed by atoms with Crippen LogP contribution in [0.15, 0.2) is 18.2 Å². The van der Waals surface area contributed by atoms with Crippen molar-refractivity contribution in [1.29, 1.82) is 0 Å². The molecule has 0 saturated carbocycles. The normalized spacial score (nSPS) is 17.5. The fourth-order valence-corrected chi connectivity index (χ4v) is 3.64. The van der Waals surface area contributed by atoms with Gasteiger partial charge in [-0.2, -0.15) is 0 Å². The summed E-state index contributed by atoms with van der Waals surface area (Å²) in [7, 11) is -3.14. The minimum atomic E-state index is -3.14. The van der Waals surface area contributed by atoms with Crippen molar-refractivity contribution in [2.45, 2.75) is 19.0 Å². The molecule has 1 saturated heterocycles. The number of halogens is 2. The highest BCUT2D eigenvalue weighted by Gasteiger charge is 2.26. The van der Waals surface area contributed by atoms with Crippen LogP contribution in [0, 0.1) is 5.82 Å². The second kappa shape index (κ2) is 8.44. The minimum Gasteiger partial charge on any atom is -0.339 e. The molecular formula is C16H23ClFN3O3S. The van der Waals surface area contributed by atoms with Gasteiger partial charge in [0.1, 0.15) is 15.7 Å². The molecule has 1 amide bonds. The molecule has 9 heteroatoms. The number of benzene rings is 1. The van der Waals surface area contributed by atoms with E-state index < -0.39 is 15.9 Å². The van der Waals surface area contributed by atoms with Gasteiger partial charge in [0, 0.05) is 49.6 Å². The lowest BCUT2D eigenvalue weighted by Crippen LogP contribution is -2.53. The van der Waals surface area contributed by atoms with Crippen LogP contribution in [0.1, 0.15) is 12.0 Å². The summed E-state index contributed by atoms with van der Waals surface area (Å²) in [6.07, 6.45) is 1.24. The number of sulfone groups is 1. The van der Waals surface area contributed by atoms with Crippen LogP contribution in [0.5, 0.6) is 0 Å². The summed E-state index contributed by atoms with van der Waals surface area (Å²) in [5, 5.41) is 0.390. The Labute approximate surface area is 152 Å². The van der Waals surface area contributed by atoms with Gasteiger partial charge in [0.25, 0.3) is 0 Å². The standard InChI is InChI=1S/C16H23ClFN3O3S/c1-25(23,24)10-5-15(19)16(22)21-8-6-20(7-9-21)11-12-13(17)3-2-4-14(12)18/h2-4,15H,5-11,19H2,1H3. The molecule has 1 aliphatic rings. The molecule has 0 aromatic heterocycles. The first-order valence-electron chi connectivity index (χ1n) is 8.04. The third-order valence-electron chi connectivity index (χ3n) is 4.24. The summed E-state index contributed by atoms with van der Waals surface area (Å²) >= 11 is 6.04. The van der Waals surface area contributed by atoms with E-state index in [0.29, 0.717) is 43.3 Å². The van der Waals surface area contributed by atoms with Crippen molar-refractivity contribution < 1.29 is 17.6 Å². The van der Waals surface area contributed by atoms with Crippen LogP contribution in [0.25, 0.3) is 0 Å². The highest BCUT2D eigenvalue weighted by molar-refractivity contribution is 7.90. The first-order chi connectivity index (χ1) is 11.7. The zero-order valence-electron chi connectivity index (χ0n) is 14.1. The second-order valence-corrected chi connectivity index (χ2v) is 8.99. The molecule has 2 N–H and O–H groups in total. The van der Waals surface area contributed by atoms with Crippen LogP contribution in [0.4, 0.5) is 4.39 Å². The Morgan fingerprint density at radius 1 is 1.32 bits per heavy atom. The van der Waals surface area contributed by atoms with Gasteiger partial charge in [0.15, 0.2) is 0 Å². The maximum absolute atomic E-state index is 13.9. The zero-order chi connectivity index (χ0) is 18.6. The van der Waals surface area contributed by atoms with Gasteiger partial charge in [0.2, 0.25) is 5.91 Å².